The van der Waals surface area contributed by atoms with E-state index in [0.717, 1.165) is 5.56 Å². The minimum absolute atomic E-state index is 0.153. The van der Waals surface area contributed by atoms with Crippen molar-refractivity contribution < 1.29 is 43.0 Å². The molecule has 1 N–H and O–H groups in total. The number of hydrogen-bond donors (Lipinski definition) is 1. The van der Waals surface area contributed by atoms with Gasteiger partial charge in [-0.25, -0.2) is 0 Å². The van der Waals surface area contributed by atoms with Crippen molar-refractivity contribution in [3.8, 4) is 0 Å². The van der Waals surface area contributed by atoms with Gasteiger partial charge in [0.2, 0.25) is 0 Å². The lowest BCUT2D eigenvalue weighted by molar-refractivity contribution is -0.390. The van der Waals surface area contributed by atoms with Crippen molar-refractivity contribution in [1.82, 2.24) is 0 Å². The van der Waals surface area contributed by atoms with Crippen LogP contribution < -0.4 is 0 Å². The van der Waals surface area contributed by atoms with Gasteiger partial charge in [0.15, 0.2) is 25.2 Å². The van der Waals surface area contributed by atoms with Gasteiger partial charge >= 0.3 is 0 Å². The molecule has 12 unspecified atom stereocenters. The molecule has 9 nitrogen and oxygen atoms in total. The second-order valence-corrected chi connectivity index (χ2v) is 9.70. The monoisotopic (exact) mass is 480 g/mol. The van der Waals surface area contributed by atoms with Crippen molar-refractivity contribution in [2.24, 2.45) is 11.8 Å². The Balaban J connectivity index is 1.31. The summed E-state index contributed by atoms with van der Waals surface area (Å²) in [6.45, 7) is 8.77. The van der Waals surface area contributed by atoms with Crippen LogP contribution in [0, 0.1) is 11.8 Å². The third-order valence-corrected chi connectivity index (χ3v) is 7.16. The lowest BCUT2D eigenvalue weighted by Crippen LogP contribution is -2.64. The fourth-order valence-corrected chi connectivity index (χ4v) is 5.13. The number of hydrogen-bond acceptors (Lipinski definition) is 9. The van der Waals surface area contributed by atoms with E-state index < -0.39 is 30.9 Å². The van der Waals surface area contributed by atoms with Crippen LogP contribution in [0.25, 0.3) is 0 Å². The molecule has 34 heavy (non-hydrogen) atoms. The van der Waals surface area contributed by atoms with E-state index in [2.05, 4.69) is 0 Å². The van der Waals surface area contributed by atoms with Crippen LogP contribution in [0.3, 0.4) is 0 Å². The Kier molecular flexibility index (Phi) is 7.55. The average Bonchev–Trinajstić information content (AvgIpc) is 2.84. The van der Waals surface area contributed by atoms with E-state index in [1.165, 1.54) is 0 Å². The standard InChI is InChI=1S/C25H36O9/c1-13-20(26)22-18(11-27-15(3)30-22)33-25(13)34-21-14(2)24(29-10-17-8-6-5-7-9-17)32-19-12-28-16(4)31-23(19)21/h5-9,13-16,18-26H,10-12H2,1-4H3. The molecule has 0 aromatic heterocycles. The van der Waals surface area contributed by atoms with Gasteiger partial charge in [-0.2, -0.15) is 0 Å². The number of fused-ring (bicyclic) bond motifs is 2. The van der Waals surface area contributed by atoms with E-state index in [4.69, 9.17) is 37.9 Å². The first-order chi connectivity index (χ1) is 16.4. The quantitative estimate of drug-likeness (QED) is 0.681. The zero-order valence-electron chi connectivity index (χ0n) is 20.1. The Labute approximate surface area is 200 Å². The first-order valence-electron chi connectivity index (χ1n) is 12.2. The van der Waals surface area contributed by atoms with Crippen LogP contribution in [-0.4, -0.2) is 80.1 Å². The highest BCUT2D eigenvalue weighted by Crippen LogP contribution is 2.38. The maximum absolute atomic E-state index is 11.0. The summed E-state index contributed by atoms with van der Waals surface area (Å²) in [5, 5.41) is 11.0. The van der Waals surface area contributed by atoms with Crippen molar-refractivity contribution in [3.63, 3.8) is 0 Å². The summed E-state index contributed by atoms with van der Waals surface area (Å²) < 4.78 is 48.4. The molecule has 0 saturated carbocycles. The van der Waals surface area contributed by atoms with Crippen LogP contribution >= 0.6 is 0 Å². The first-order valence-corrected chi connectivity index (χ1v) is 12.2. The maximum Gasteiger partial charge on any atom is 0.163 e. The minimum atomic E-state index is -0.735. The Morgan fingerprint density at radius 1 is 0.794 bits per heavy atom. The Hall–Kier alpha value is -1.14. The van der Waals surface area contributed by atoms with Crippen molar-refractivity contribution in [1.29, 1.82) is 0 Å². The van der Waals surface area contributed by atoms with Crippen molar-refractivity contribution in [2.45, 2.75) is 96.1 Å². The molecule has 4 aliphatic heterocycles. The molecule has 0 bridgehead atoms. The predicted molar refractivity (Wildman–Crippen MR) is 118 cm³/mol. The Morgan fingerprint density at radius 3 is 2.12 bits per heavy atom. The van der Waals surface area contributed by atoms with Gasteiger partial charge < -0.3 is 43.0 Å². The summed E-state index contributed by atoms with van der Waals surface area (Å²) in [6.07, 6.45) is -4.56. The van der Waals surface area contributed by atoms with Gasteiger partial charge in [0.05, 0.1) is 32.0 Å². The lowest BCUT2D eigenvalue weighted by atomic mass is 9.89. The molecule has 190 valence electrons. The zero-order valence-corrected chi connectivity index (χ0v) is 20.1. The molecule has 5 rings (SSSR count). The molecule has 4 fully saturated rings. The van der Waals surface area contributed by atoms with E-state index in [1.54, 1.807) is 0 Å². The van der Waals surface area contributed by atoms with Gasteiger partial charge in [-0.1, -0.05) is 44.2 Å². The second-order valence-electron chi connectivity index (χ2n) is 9.70. The van der Waals surface area contributed by atoms with Gasteiger partial charge in [0.25, 0.3) is 0 Å². The van der Waals surface area contributed by atoms with E-state index in [-0.39, 0.29) is 42.7 Å². The summed E-state index contributed by atoms with van der Waals surface area (Å²) >= 11 is 0. The highest BCUT2D eigenvalue weighted by molar-refractivity contribution is 5.13. The van der Waals surface area contributed by atoms with Crippen molar-refractivity contribution >= 4 is 0 Å². The average molecular weight is 481 g/mol. The minimum Gasteiger partial charge on any atom is -0.390 e. The molecule has 1 aromatic rings. The smallest absolute Gasteiger partial charge is 0.163 e. The molecule has 0 spiro atoms. The Morgan fingerprint density at radius 2 is 1.41 bits per heavy atom. The molecule has 12 atom stereocenters. The van der Waals surface area contributed by atoms with Crippen LogP contribution in [0.15, 0.2) is 30.3 Å². The van der Waals surface area contributed by atoms with Gasteiger partial charge in [-0.3, -0.25) is 0 Å². The van der Waals surface area contributed by atoms with E-state index in [9.17, 15) is 5.11 Å². The fourth-order valence-electron chi connectivity index (χ4n) is 5.13. The molecule has 0 aliphatic carbocycles. The summed E-state index contributed by atoms with van der Waals surface area (Å²) in [7, 11) is 0. The summed E-state index contributed by atoms with van der Waals surface area (Å²) in [5.74, 6) is -0.458. The normalized spacial score (nSPS) is 47.0. The zero-order chi connectivity index (χ0) is 23.8. The highest BCUT2D eigenvalue weighted by Gasteiger charge is 2.53. The third-order valence-electron chi connectivity index (χ3n) is 7.16. The van der Waals surface area contributed by atoms with Gasteiger partial charge in [0.1, 0.15) is 24.4 Å². The number of ether oxygens (including phenoxy) is 8. The molecular formula is C25H36O9. The van der Waals surface area contributed by atoms with Gasteiger partial charge in [0, 0.05) is 11.8 Å². The van der Waals surface area contributed by atoms with E-state index in [1.807, 2.05) is 58.0 Å². The molecule has 9 heteroatoms. The van der Waals surface area contributed by atoms with Crippen molar-refractivity contribution in [2.75, 3.05) is 13.2 Å². The van der Waals surface area contributed by atoms with Gasteiger partial charge in [-0.15, -0.1) is 0 Å². The van der Waals surface area contributed by atoms with Gasteiger partial charge in [-0.05, 0) is 19.4 Å². The van der Waals surface area contributed by atoms with Crippen LogP contribution in [0.1, 0.15) is 33.3 Å². The molecule has 0 radical (unpaired) electrons. The summed E-state index contributed by atoms with van der Waals surface area (Å²) in [6, 6.07) is 9.97. The number of aliphatic hydroxyl groups is 1. The van der Waals surface area contributed by atoms with Crippen LogP contribution in [0.2, 0.25) is 0 Å². The van der Waals surface area contributed by atoms with Crippen molar-refractivity contribution in [3.05, 3.63) is 35.9 Å². The molecular weight excluding hydrogens is 444 g/mol. The number of aliphatic hydroxyl groups excluding tert-OH is 1. The summed E-state index contributed by atoms with van der Waals surface area (Å²) in [5.41, 5.74) is 1.06. The molecule has 4 saturated heterocycles. The number of benzene rings is 1. The summed E-state index contributed by atoms with van der Waals surface area (Å²) in [4.78, 5) is 0. The second kappa shape index (κ2) is 10.5. The topological polar surface area (TPSA) is 94.1 Å². The molecule has 1 aromatic carbocycles. The Bertz CT molecular complexity index is 792. The lowest BCUT2D eigenvalue weighted by Gasteiger charge is -2.51. The maximum atomic E-state index is 11.0. The third kappa shape index (κ3) is 5.04. The first kappa shape index (κ1) is 24.5. The SMILES string of the molecule is CC1OCC2OC(OC3C(C)C(OCc4ccccc4)OC4COC(C)OC43)C(C)C(O)C2O1. The fraction of sp³-hybridized carbons (Fsp3) is 0.760. The largest absolute Gasteiger partial charge is 0.390 e. The van der Waals surface area contributed by atoms with Crippen LogP contribution in [0.4, 0.5) is 0 Å². The molecule has 0 amide bonds. The van der Waals surface area contributed by atoms with E-state index >= 15 is 0 Å². The number of rotatable bonds is 5. The molecule has 4 heterocycles. The van der Waals surface area contributed by atoms with Crippen LogP contribution in [-0.2, 0) is 44.5 Å². The van der Waals surface area contributed by atoms with E-state index in [0.29, 0.717) is 19.8 Å². The molecule has 4 aliphatic rings. The van der Waals surface area contributed by atoms with Crippen LogP contribution in [0.5, 0.6) is 0 Å². The highest BCUT2D eigenvalue weighted by atomic mass is 16.8. The predicted octanol–water partition coefficient (Wildman–Crippen LogP) is 2.19.